The molecular weight excluding hydrogens is 180 g/mol. The van der Waals surface area contributed by atoms with Crippen LogP contribution >= 0.6 is 12.6 Å². The Hall–Kier alpha value is -0.440. The molecule has 13 heavy (non-hydrogen) atoms. The Bertz CT molecular complexity index is 250. The molecule has 0 N–H and O–H groups in total. The second kappa shape index (κ2) is 3.74. The van der Waals surface area contributed by atoms with Gasteiger partial charge in [-0.15, -0.1) is 0 Å². The molecule has 3 heteroatoms. The highest BCUT2D eigenvalue weighted by atomic mass is 32.1. The zero-order chi connectivity index (χ0) is 9.15. The second-order valence-corrected chi connectivity index (χ2v) is 4.42. The summed E-state index contributed by atoms with van der Waals surface area (Å²) in [6.45, 7) is 1.09. The number of nitrogens with zero attached hydrogens (tertiary/aromatic N) is 2. The van der Waals surface area contributed by atoms with Crippen LogP contribution in [0.3, 0.4) is 0 Å². The largest absolute Gasteiger partial charge is 0.337 e. The SMILES string of the molecule is SCC1(Cn2ccnc2)CCCC1. The molecule has 0 atom stereocenters. The summed E-state index contributed by atoms with van der Waals surface area (Å²) in [5, 5.41) is 0. The fourth-order valence-electron chi connectivity index (χ4n) is 2.26. The molecule has 1 aromatic rings. The molecule has 1 saturated carbocycles. The average Bonchev–Trinajstić information content (AvgIpc) is 2.77. The van der Waals surface area contributed by atoms with Crippen LogP contribution in [-0.2, 0) is 6.54 Å². The lowest BCUT2D eigenvalue weighted by Crippen LogP contribution is -2.24. The zero-order valence-electron chi connectivity index (χ0n) is 7.82. The van der Waals surface area contributed by atoms with Crippen LogP contribution in [0.1, 0.15) is 25.7 Å². The molecule has 2 rings (SSSR count). The summed E-state index contributed by atoms with van der Waals surface area (Å²) < 4.78 is 2.18. The quantitative estimate of drug-likeness (QED) is 0.735. The zero-order valence-corrected chi connectivity index (χ0v) is 8.71. The van der Waals surface area contributed by atoms with Gasteiger partial charge < -0.3 is 4.57 Å². The van der Waals surface area contributed by atoms with Crippen molar-refractivity contribution in [1.82, 2.24) is 9.55 Å². The van der Waals surface area contributed by atoms with Gasteiger partial charge in [0, 0.05) is 18.9 Å². The summed E-state index contributed by atoms with van der Waals surface area (Å²) in [6, 6.07) is 0. The Labute approximate surface area is 84.8 Å². The van der Waals surface area contributed by atoms with Crippen molar-refractivity contribution in [3.8, 4) is 0 Å². The Morgan fingerprint density at radius 2 is 2.15 bits per heavy atom. The summed E-state index contributed by atoms with van der Waals surface area (Å²) in [7, 11) is 0. The van der Waals surface area contributed by atoms with Gasteiger partial charge in [-0.1, -0.05) is 12.8 Å². The maximum Gasteiger partial charge on any atom is 0.0946 e. The van der Waals surface area contributed by atoms with Crippen LogP contribution in [-0.4, -0.2) is 15.3 Å². The molecule has 2 nitrogen and oxygen atoms in total. The van der Waals surface area contributed by atoms with Gasteiger partial charge in [-0.3, -0.25) is 0 Å². The predicted octanol–water partition coefficient (Wildman–Crippen LogP) is 2.37. The second-order valence-electron chi connectivity index (χ2n) is 4.10. The van der Waals surface area contributed by atoms with Gasteiger partial charge in [0.25, 0.3) is 0 Å². The number of rotatable bonds is 3. The smallest absolute Gasteiger partial charge is 0.0946 e. The van der Waals surface area contributed by atoms with Gasteiger partial charge in [-0.25, -0.2) is 4.98 Å². The monoisotopic (exact) mass is 196 g/mol. The van der Waals surface area contributed by atoms with Crippen LogP contribution in [0.5, 0.6) is 0 Å². The van der Waals surface area contributed by atoms with E-state index in [2.05, 4.69) is 22.2 Å². The van der Waals surface area contributed by atoms with Crippen molar-refractivity contribution < 1.29 is 0 Å². The van der Waals surface area contributed by atoms with Gasteiger partial charge >= 0.3 is 0 Å². The average molecular weight is 196 g/mol. The van der Waals surface area contributed by atoms with Crippen molar-refractivity contribution in [3.05, 3.63) is 18.7 Å². The Morgan fingerprint density at radius 3 is 2.69 bits per heavy atom. The first-order chi connectivity index (χ1) is 6.35. The molecule has 72 valence electrons. The number of hydrogen-bond donors (Lipinski definition) is 1. The van der Waals surface area contributed by atoms with Gasteiger partial charge in [0.1, 0.15) is 0 Å². The van der Waals surface area contributed by atoms with E-state index in [1.54, 1.807) is 0 Å². The van der Waals surface area contributed by atoms with Crippen molar-refractivity contribution in [2.45, 2.75) is 32.2 Å². The van der Waals surface area contributed by atoms with Crippen molar-refractivity contribution in [1.29, 1.82) is 0 Å². The highest BCUT2D eigenvalue weighted by molar-refractivity contribution is 7.80. The van der Waals surface area contributed by atoms with E-state index in [1.165, 1.54) is 25.7 Å². The van der Waals surface area contributed by atoms with Gasteiger partial charge in [-0.2, -0.15) is 12.6 Å². The number of imidazole rings is 1. The first-order valence-electron chi connectivity index (χ1n) is 4.91. The van der Waals surface area contributed by atoms with E-state index >= 15 is 0 Å². The van der Waals surface area contributed by atoms with Crippen molar-refractivity contribution in [2.75, 3.05) is 5.75 Å². The number of aromatic nitrogens is 2. The predicted molar refractivity (Wildman–Crippen MR) is 57.0 cm³/mol. The van der Waals surface area contributed by atoms with E-state index in [1.807, 2.05) is 18.7 Å². The Balaban J connectivity index is 2.06. The van der Waals surface area contributed by atoms with Gasteiger partial charge in [0.05, 0.1) is 6.33 Å². The van der Waals surface area contributed by atoms with E-state index in [9.17, 15) is 0 Å². The van der Waals surface area contributed by atoms with Crippen LogP contribution in [0.15, 0.2) is 18.7 Å². The molecule has 1 heterocycles. The summed E-state index contributed by atoms with van der Waals surface area (Å²) >= 11 is 4.48. The molecular formula is C10H16N2S. The normalized spacial score (nSPS) is 20.7. The topological polar surface area (TPSA) is 17.8 Å². The van der Waals surface area contributed by atoms with Crippen molar-refractivity contribution >= 4 is 12.6 Å². The maximum atomic E-state index is 4.48. The van der Waals surface area contributed by atoms with E-state index in [4.69, 9.17) is 0 Å². The third-order valence-corrected chi connectivity index (χ3v) is 3.75. The number of thiol groups is 1. The van der Waals surface area contributed by atoms with E-state index in [-0.39, 0.29) is 0 Å². The summed E-state index contributed by atoms with van der Waals surface area (Å²) in [6.07, 6.45) is 11.2. The molecule has 0 aliphatic heterocycles. The van der Waals surface area contributed by atoms with Crippen LogP contribution in [0.4, 0.5) is 0 Å². The Kier molecular flexibility index (Phi) is 2.63. The molecule has 0 bridgehead atoms. The van der Waals surface area contributed by atoms with Gasteiger partial charge in [0.2, 0.25) is 0 Å². The molecule has 1 aliphatic rings. The molecule has 1 aliphatic carbocycles. The maximum absolute atomic E-state index is 4.48. The lowest BCUT2D eigenvalue weighted by molar-refractivity contribution is 0.290. The minimum Gasteiger partial charge on any atom is -0.337 e. The molecule has 1 fully saturated rings. The third-order valence-electron chi connectivity index (χ3n) is 3.08. The highest BCUT2D eigenvalue weighted by Crippen LogP contribution is 2.40. The first kappa shape index (κ1) is 9.13. The fourth-order valence-corrected chi connectivity index (χ4v) is 2.68. The molecule has 0 spiro atoms. The third kappa shape index (κ3) is 1.90. The van der Waals surface area contributed by atoms with Gasteiger partial charge in [0.15, 0.2) is 0 Å². The van der Waals surface area contributed by atoms with Crippen molar-refractivity contribution in [3.63, 3.8) is 0 Å². The van der Waals surface area contributed by atoms with E-state index in [0.717, 1.165) is 12.3 Å². The van der Waals surface area contributed by atoms with Crippen molar-refractivity contribution in [2.24, 2.45) is 5.41 Å². The van der Waals surface area contributed by atoms with Crippen LogP contribution in [0.2, 0.25) is 0 Å². The minimum atomic E-state index is 0.448. The summed E-state index contributed by atoms with van der Waals surface area (Å²) in [4.78, 5) is 4.07. The van der Waals surface area contributed by atoms with Gasteiger partial charge in [-0.05, 0) is 24.0 Å². The summed E-state index contributed by atoms with van der Waals surface area (Å²) in [5.74, 6) is 1.01. The lowest BCUT2D eigenvalue weighted by atomic mass is 9.88. The lowest BCUT2D eigenvalue weighted by Gasteiger charge is -2.27. The van der Waals surface area contributed by atoms with Crippen LogP contribution in [0.25, 0.3) is 0 Å². The first-order valence-corrected chi connectivity index (χ1v) is 5.55. The van der Waals surface area contributed by atoms with E-state index < -0.39 is 0 Å². The molecule has 1 aromatic heterocycles. The summed E-state index contributed by atoms with van der Waals surface area (Å²) in [5.41, 5.74) is 0.448. The van der Waals surface area contributed by atoms with Crippen LogP contribution in [0, 0.1) is 5.41 Å². The Morgan fingerprint density at radius 1 is 1.38 bits per heavy atom. The minimum absolute atomic E-state index is 0.448. The van der Waals surface area contributed by atoms with Crippen LogP contribution < -0.4 is 0 Å². The molecule has 0 amide bonds. The highest BCUT2D eigenvalue weighted by Gasteiger charge is 2.32. The fraction of sp³-hybridized carbons (Fsp3) is 0.700. The number of hydrogen-bond acceptors (Lipinski definition) is 2. The molecule has 0 aromatic carbocycles. The molecule has 0 radical (unpaired) electrons. The standard InChI is InChI=1S/C10H16N2S/c13-8-10(3-1-2-4-10)7-12-6-5-11-9-12/h5-6,9,13H,1-4,7-8H2. The molecule has 0 saturated heterocycles. The van der Waals surface area contributed by atoms with E-state index in [0.29, 0.717) is 5.41 Å². The molecule has 0 unspecified atom stereocenters.